The number of carbonyl (C=O) groups is 4. The molecule has 7 nitrogen and oxygen atoms in total. The van der Waals surface area contributed by atoms with Crippen molar-refractivity contribution in [3.8, 4) is 5.75 Å². The first-order chi connectivity index (χ1) is 16.3. The Kier molecular flexibility index (Phi) is 5.71. The highest BCUT2D eigenvalue weighted by atomic mass is 16.5. The fourth-order valence-corrected chi connectivity index (χ4v) is 5.51. The Bertz CT molecular complexity index is 1170. The van der Waals surface area contributed by atoms with Gasteiger partial charge >= 0.3 is 5.97 Å². The molecule has 3 atom stereocenters. The van der Waals surface area contributed by atoms with Gasteiger partial charge in [0, 0.05) is 24.7 Å². The minimum Gasteiger partial charge on any atom is -0.426 e. The summed E-state index contributed by atoms with van der Waals surface area (Å²) in [5.41, 5.74) is 3.32. The molecular weight excluding hydrogens is 432 g/mol. The van der Waals surface area contributed by atoms with Crippen LogP contribution in [0.15, 0.2) is 42.5 Å². The first-order valence-corrected chi connectivity index (χ1v) is 11.9. The number of nitrogens with zero attached hydrogens (tertiary/aromatic N) is 2. The van der Waals surface area contributed by atoms with Crippen LogP contribution in [0.2, 0.25) is 0 Å². The van der Waals surface area contributed by atoms with Crippen molar-refractivity contribution in [1.29, 1.82) is 0 Å². The van der Waals surface area contributed by atoms with Gasteiger partial charge in [-0.2, -0.15) is 0 Å². The summed E-state index contributed by atoms with van der Waals surface area (Å²) >= 11 is 0. The maximum Gasteiger partial charge on any atom is 0.316 e. The SMILES string of the molecule is Cc1ccc(N2C[C@H](C(=O)Oc3cccc(N4C(=O)[C@H]5CCCC[C@H]5C4=O)c3)CC2=O)c(C)c1. The molecule has 0 bridgehead atoms. The van der Waals surface area contributed by atoms with Crippen molar-refractivity contribution >= 4 is 35.1 Å². The molecule has 3 amide bonds. The van der Waals surface area contributed by atoms with Crippen molar-refractivity contribution in [1.82, 2.24) is 0 Å². The van der Waals surface area contributed by atoms with Crippen molar-refractivity contribution in [2.75, 3.05) is 16.3 Å². The van der Waals surface area contributed by atoms with Crippen LogP contribution in [0.25, 0.3) is 0 Å². The fourth-order valence-electron chi connectivity index (χ4n) is 5.51. The summed E-state index contributed by atoms with van der Waals surface area (Å²) in [7, 11) is 0. The van der Waals surface area contributed by atoms with Crippen LogP contribution < -0.4 is 14.5 Å². The van der Waals surface area contributed by atoms with E-state index in [1.807, 2.05) is 32.0 Å². The van der Waals surface area contributed by atoms with Crippen LogP contribution >= 0.6 is 0 Å². The zero-order chi connectivity index (χ0) is 24.0. The molecule has 2 aromatic carbocycles. The lowest BCUT2D eigenvalue weighted by Gasteiger charge is -2.19. The first-order valence-electron chi connectivity index (χ1n) is 11.9. The van der Waals surface area contributed by atoms with E-state index in [4.69, 9.17) is 4.74 Å². The molecule has 34 heavy (non-hydrogen) atoms. The zero-order valence-corrected chi connectivity index (χ0v) is 19.5. The maximum atomic E-state index is 12.9. The molecule has 3 fully saturated rings. The molecule has 5 rings (SSSR count). The molecule has 1 saturated carbocycles. The molecule has 1 aliphatic carbocycles. The van der Waals surface area contributed by atoms with Crippen LogP contribution in [0.5, 0.6) is 5.75 Å². The van der Waals surface area contributed by atoms with E-state index in [-0.39, 0.29) is 48.3 Å². The molecule has 2 aromatic rings. The lowest BCUT2D eigenvalue weighted by molar-refractivity contribution is -0.139. The molecule has 0 aromatic heterocycles. The second-order valence-electron chi connectivity index (χ2n) is 9.62. The van der Waals surface area contributed by atoms with E-state index < -0.39 is 11.9 Å². The number of esters is 1. The predicted molar refractivity (Wildman–Crippen MR) is 126 cm³/mol. The Morgan fingerprint density at radius 3 is 2.32 bits per heavy atom. The molecule has 7 heteroatoms. The van der Waals surface area contributed by atoms with E-state index >= 15 is 0 Å². The normalized spacial score (nSPS) is 24.5. The largest absolute Gasteiger partial charge is 0.426 e. The Hall–Kier alpha value is -3.48. The fraction of sp³-hybridized carbons (Fsp3) is 0.407. The Balaban J connectivity index is 1.30. The summed E-state index contributed by atoms with van der Waals surface area (Å²) in [5.74, 6) is -1.75. The third-order valence-corrected chi connectivity index (χ3v) is 7.24. The molecular formula is C27H28N2O5. The van der Waals surface area contributed by atoms with Gasteiger partial charge in [0.05, 0.1) is 23.4 Å². The van der Waals surface area contributed by atoms with Gasteiger partial charge in [0.1, 0.15) is 5.75 Å². The number of rotatable bonds is 4. The van der Waals surface area contributed by atoms with Gasteiger partial charge in [0.2, 0.25) is 17.7 Å². The number of benzene rings is 2. The van der Waals surface area contributed by atoms with Gasteiger partial charge in [0.25, 0.3) is 0 Å². The van der Waals surface area contributed by atoms with E-state index in [1.165, 1.54) is 4.90 Å². The number of hydrogen-bond acceptors (Lipinski definition) is 5. The smallest absolute Gasteiger partial charge is 0.316 e. The second-order valence-corrected chi connectivity index (χ2v) is 9.62. The quantitative estimate of drug-likeness (QED) is 0.392. The maximum absolute atomic E-state index is 12.9. The second kappa shape index (κ2) is 8.70. The Labute approximate surface area is 198 Å². The standard InChI is InChI=1S/C27H28N2O5/c1-16-10-11-23(17(2)12-16)28-15-18(13-24(28)30)27(33)34-20-7-5-6-19(14-20)29-25(31)21-8-3-4-9-22(21)26(29)32/h5-7,10-12,14,18,21-22H,3-4,8-9,13,15H2,1-2H3/t18-,21-,22+/m1/s1. The predicted octanol–water partition coefficient (Wildman–Crippen LogP) is 3.94. The molecule has 2 heterocycles. The Morgan fingerprint density at radius 2 is 1.65 bits per heavy atom. The lowest BCUT2D eigenvalue weighted by atomic mass is 9.81. The third kappa shape index (κ3) is 3.89. The van der Waals surface area contributed by atoms with Gasteiger partial charge in [0.15, 0.2) is 0 Å². The summed E-state index contributed by atoms with van der Waals surface area (Å²) in [6, 6.07) is 12.4. The average molecular weight is 461 g/mol. The number of amides is 3. The molecule has 0 spiro atoms. The summed E-state index contributed by atoms with van der Waals surface area (Å²) in [4.78, 5) is 54.2. The van der Waals surface area contributed by atoms with Crippen LogP contribution in [0.4, 0.5) is 11.4 Å². The minimum atomic E-state index is -0.588. The zero-order valence-electron chi connectivity index (χ0n) is 19.5. The molecule has 176 valence electrons. The summed E-state index contributed by atoms with van der Waals surface area (Å²) in [6.07, 6.45) is 3.49. The van der Waals surface area contributed by atoms with Gasteiger partial charge in [-0.3, -0.25) is 19.2 Å². The highest BCUT2D eigenvalue weighted by Crippen LogP contribution is 2.40. The monoisotopic (exact) mass is 460 g/mol. The van der Waals surface area contributed by atoms with Crippen molar-refractivity contribution in [2.45, 2.75) is 46.0 Å². The highest BCUT2D eigenvalue weighted by Gasteiger charge is 2.48. The van der Waals surface area contributed by atoms with Crippen LogP contribution in [-0.2, 0) is 19.2 Å². The van der Waals surface area contributed by atoms with Gasteiger partial charge in [-0.25, -0.2) is 4.90 Å². The first kappa shape index (κ1) is 22.3. The van der Waals surface area contributed by atoms with Gasteiger partial charge in [-0.15, -0.1) is 0 Å². The van der Waals surface area contributed by atoms with Gasteiger partial charge < -0.3 is 9.64 Å². The molecule has 2 aliphatic heterocycles. The van der Waals surface area contributed by atoms with Crippen LogP contribution in [0, 0.1) is 31.6 Å². The molecule has 0 unspecified atom stereocenters. The number of aryl methyl sites for hydroxylation is 2. The lowest BCUT2D eigenvalue weighted by Crippen LogP contribution is -2.31. The molecule has 0 N–H and O–H groups in total. The Morgan fingerprint density at radius 1 is 0.941 bits per heavy atom. The van der Waals surface area contributed by atoms with Crippen molar-refractivity contribution < 1.29 is 23.9 Å². The van der Waals surface area contributed by atoms with Crippen LogP contribution in [-0.4, -0.2) is 30.2 Å². The molecule has 2 saturated heterocycles. The number of fused-ring (bicyclic) bond motifs is 1. The van der Waals surface area contributed by atoms with Crippen molar-refractivity contribution in [3.63, 3.8) is 0 Å². The van der Waals surface area contributed by atoms with E-state index in [0.29, 0.717) is 5.69 Å². The van der Waals surface area contributed by atoms with Crippen molar-refractivity contribution in [2.24, 2.45) is 17.8 Å². The number of imide groups is 1. The average Bonchev–Trinajstić information content (AvgIpc) is 3.32. The minimum absolute atomic E-state index is 0.0816. The number of carbonyl (C=O) groups excluding carboxylic acids is 4. The number of hydrogen-bond donors (Lipinski definition) is 0. The molecule has 3 aliphatic rings. The van der Waals surface area contributed by atoms with Crippen LogP contribution in [0.1, 0.15) is 43.2 Å². The highest BCUT2D eigenvalue weighted by molar-refractivity contribution is 6.22. The van der Waals surface area contributed by atoms with E-state index in [1.54, 1.807) is 29.2 Å². The van der Waals surface area contributed by atoms with E-state index in [9.17, 15) is 19.2 Å². The summed E-state index contributed by atoms with van der Waals surface area (Å²) in [6.45, 7) is 4.20. The topological polar surface area (TPSA) is 84.0 Å². The van der Waals surface area contributed by atoms with Crippen LogP contribution in [0.3, 0.4) is 0 Å². The summed E-state index contributed by atoms with van der Waals surface area (Å²) in [5, 5.41) is 0. The third-order valence-electron chi connectivity index (χ3n) is 7.24. The van der Waals surface area contributed by atoms with E-state index in [2.05, 4.69) is 0 Å². The van der Waals surface area contributed by atoms with Gasteiger partial charge in [-0.05, 0) is 50.5 Å². The number of anilines is 2. The molecule has 0 radical (unpaired) electrons. The summed E-state index contributed by atoms with van der Waals surface area (Å²) < 4.78 is 5.60. The number of ether oxygens (including phenoxy) is 1. The van der Waals surface area contributed by atoms with Gasteiger partial charge in [-0.1, -0.05) is 36.6 Å². The van der Waals surface area contributed by atoms with E-state index in [0.717, 1.165) is 42.5 Å². The van der Waals surface area contributed by atoms with Crippen molar-refractivity contribution in [3.05, 3.63) is 53.6 Å².